The van der Waals surface area contributed by atoms with E-state index in [4.69, 9.17) is 12.6 Å². The van der Waals surface area contributed by atoms with Crippen molar-refractivity contribution >= 4 is 12.6 Å². The van der Waals surface area contributed by atoms with Gasteiger partial charge in [-0.25, -0.2) is 0 Å². The lowest BCUT2D eigenvalue weighted by Crippen LogP contribution is -1.83. The van der Waals surface area contributed by atoms with E-state index < -0.39 is 0 Å². The quantitative estimate of drug-likeness (QED) is 0.536. The predicted octanol–water partition coefficient (Wildman–Crippen LogP) is 2.25. The van der Waals surface area contributed by atoms with Gasteiger partial charge < -0.3 is 0 Å². The van der Waals surface area contributed by atoms with Crippen LogP contribution in [-0.2, 0) is 0 Å². The van der Waals surface area contributed by atoms with Crippen LogP contribution in [0.3, 0.4) is 0 Å². The van der Waals surface area contributed by atoms with Crippen LogP contribution >= 0.6 is 12.6 Å². The van der Waals surface area contributed by atoms with Crippen molar-refractivity contribution in [3.63, 3.8) is 0 Å². The summed E-state index contributed by atoms with van der Waals surface area (Å²) in [5.74, 6) is 0. The Bertz CT molecular complexity index is 170. The Morgan fingerprint density at radius 3 is 2.00 bits per heavy atom. The fourth-order valence-electron chi connectivity index (χ4n) is 0.796. The molecule has 1 aromatic heterocycles. The second-order valence-electron chi connectivity index (χ2n) is 2.09. The van der Waals surface area contributed by atoms with Crippen LogP contribution in [0.25, 0.3) is 0 Å². The first-order valence-electron chi connectivity index (χ1n) is 2.81. The number of rotatable bonds is 0. The summed E-state index contributed by atoms with van der Waals surface area (Å²) in [4.78, 5) is 5.04. The van der Waals surface area contributed by atoms with E-state index in [9.17, 15) is 0 Å². The van der Waals surface area contributed by atoms with Gasteiger partial charge in [-0.2, -0.15) is 0 Å². The maximum absolute atomic E-state index is 4.95. The monoisotopic (exact) mass is 138 g/mol. The van der Waals surface area contributed by atoms with Gasteiger partial charge in [-0.15, -0.1) is 0 Å². The van der Waals surface area contributed by atoms with Crippen molar-refractivity contribution in [2.24, 2.45) is 0 Å². The lowest BCUT2D eigenvalue weighted by atomic mass is 10.3. The van der Waals surface area contributed by atoms with Gasteiger partial charge in [0.15, 0.2) is 0 Å². The topological polar surface area (TPSA) is 12.9 Å². The van der Waals surface area contributed by atoms with E-state index in [1.54, 1.807) is 0 Å². The molecule has 0 aliphatic rings. The summed E-state index contributed by atoms with van der Waals surface area (Å²) in [6.45, 7) is 3.89. The Hall–Kier alpha value is -0.630. The summed E-state index contributed by atoms with van der Waals surface area (Å²) >= 11 is 4.95. The first-order chi connectivity index (χ1) is 4.18. The van der Waals surface area contributed by atoms with Crippen LogP contribution in [0.4, 0.5) is 0 Å². The highest BCUT2D eigenvalue weighted by molar-refractivity contribution is 7.80. The lowest BCUT2D eigenvalue weighted by molar-refractivity contribution is 1.09. The summed E-state index contributed by atoms with van der Waals surface area (Å²) in [5.41, 5.74) is 2.00. The highest BCUT2D eigenvalue weighted by Crippen LogP contribution is 2.07. The molecule has 0 unspecified atom stereocenters. The van der Waals surface area contributed by atoms with Crippen molar-refractivity contribution in [2.45, 2.75) is 18.7 Å². The fourth-order valence-corrected chi connectivity index (χ4v) is 1.14. The molecule has 0 atom stereocenters. The normalized spacial score (nSPS) is 9.56. The highest BCUT2D eigenvalue weighted by atomic mass is 32.1. The summed E-state index contributed by atoms with van der Waals surface area (Å²) in [7, 11) is 0. The molecule has 1 aromatic rings. The molecule has 1 rings (SSSR count). The fraction of sp³-hybridized carbons (Fsp3) is 0.286. The smallest absolute Gasteiger partial charge is 0.0413 e. The molecule has 1 radical (unpaired) electrons. The number of aromatic nitrogens is 1. The molecule has 0 bridgehead atoms. The van der Waals surface area contributed by atoms with Crippen molar-refractivity contribution in [1.82, 2.24) is 4.98 Å². The van der Waals surface area contributed by atoms with Crippen molar-refractivity contribution in [3.05, 3.63) is 23.5 Å². The molecule has 0 amide bonds. The van der Waals surface area contributed by atoms with Gasteiger partial charge in [0.25, 0.3) is 0 Å². The maximum atomic E-state index is 4.95. The van der Waals surface area contributed by atoms with E-state index in [2.05, 4.69) is 4.98 Å². The minimum absolute atomic E-state index is 0.875. The molecule has 0 spiro atoms. The SMILES string of the molecule is Cc1cc([S])cc(C)n1. The van der Waals surface area contributed by atoms with Crippen LogP contribution in [0.2, 0.25) is 0 Å². The van der Waals surface area contributed by atoms with Crippen LogP contribution < -0.4 is 0 Å². The Labute approximate surface area is 60.5 Å². The average molecular weight is 138 g/mol. The first-order valence-corrected chi connectivity index (χ1v) is 3.21. The number of aryl methyl sites for hydroxylation is 2. The van der Waals surface area contributed by atoms with E-state index in [1.807, 2.05) is 26.0 Å². The van der Waals surface area contributed by atoms with Crippen LogP contribution in [0.1, 0.15) is 11.4 Å². The van der Waals surface area contributed by atoms with Gasteiger partial charge in [0, 0.05) is 16.3 Å². The highest BCUT2D eigenvalue weighted by Gasteiger charge is 1.90. The third kappa shape index (κ3) is 1.64. The lowest BCUT2D eigenvalue weighted by Gasteiger charge is -1.94. The van der Waals surface area contributed by atoms with Crippen LogP contribution in [0.15, 0.2) is 17.0 Å². The van der Waals surface area contributed by atoms with Gasteiger partial charge in [0.2, 0.25) is 0 Å². The van der Waals surface area contributed by atoms with Crippen molar-refractivity contribution in [2.75, 3.05) is 0 Å². The van der Waals surface area contributed by atoms with Crippen molar-refractivity contribution < 1.29 is 0 Å². The molecule has 0 aliphatic heterocycles. The molecule has 0 saturated heterocycles. The van der Waals surface area contributed by atoms with Crippen LogP contribution in [0, 0.1) is 13.8 Å². The zero-order valence-corrected chi connectivity index (χ0v) is 6.33. The Balaban J connectivity index is 3.17. The molecule has 0 N–H and O–H groups in total. The predicted molar refractivity (Wildman–Crippen MR) is 39.6 cm³/mol. The van der Waals surface area contributed by atoms with E-state index in [0.717, 1.165) is 16.3 Å². The number of nitrogens with zero attached hydrogens (tertiary/aromatic N) is 1. The standard InChI is InChI=1S/C7H8NS/c1-5-3-7(9)4-6(2)8-5/h3-4H,1-2H3. The Morgan fingerprint density at radius 1 is 1.22 bits per heavy atom. The molecule has 9 heavy (non-hydrogen) atoms. The molecule has 0 fully saturated rings. The minimum atomic E-state index is 0.875. The Morgan fingerprint density at radius 2 is 1.67 bits per heavy atom. The molecule has 0 aromatic carbocycles. The molecular formula is C7H8NS. The Kier molecular flexibility index (Phi) is 1.67. The molecular weight excluding hydrogens is 130 g/mol. The molecule has 0 saturated carbocycles. The number of hydrogen-bond donors (Lipinski definition) is 0. The minimum Gasteiger partial charge on any atom is -0.258 e. The van der Waals surface area contributed by atoms with Crippen LogP contribution in [-0.4, -0.2) is 4.98 Å². The molecule has 2 heteroatoms. The van der Waals surface area contributed by atoms with E-state index in [-0.39, 0.29) is 0 Å². The van der Waals surface area contributed by atoms with Gasteiger partial charge in [-0.3, -0.25) is 4.98 Å². The molecule has 0 aliphatic carbocycles. The van der Waals surface area contributed by atoms with E-state index >= 15 is 0 Å². The van der Waals surface area contributed by atoms with Gasteiger partial charge >= 0.3 is 0 Å². The summed E-state index contributed by atoms with van der Waals surface area (Å²) in [6, 6.07) is 3.78. The molecule has 47 valence electrons. The van der Waals surface area contributed by atoms with Crippen molar-refractivity contribution in [3.8, 4) is 0 Å². The largest absolute Gasteiger partial charge is 0.258 e. The first kappa shape index (κ1) is 6.49. The third-order valence-electron chi connectivity index (χ3n) is 1.05. The third-order valence-corrected chi connectivity index (χ3v) is 1.29. The molecule has 1 heterocycles. The number of pyridine rings is 1. The van der Waals surface area contributed by atoms with Gasteiger partial charge in [-0.05, 0) is 26.0 Å². The second kappa shape index (κ2) is 2.31. The average Bonchev–Trinajstić information content (AvgIpc) is 1.59. The summed E-state index contributed by atoms with van der Waals surface area (Å²) < 4.78 is 0. The summed E-state index contributed by atoms with van der Waals surface area (Å²) in [5, 5.41) is 0. The van der Waals surface area contributed by atoms with E-state index in [0.29, 0.717) is 0 Å². The number of hydrogen-bond acceptors (Lipinski definition) is 1. The van der Waals surface area contributed by atoms with Crippen molar-refractivity contribution in [1.29, 1.82) is 0 Å². The van der Waals surface area contributed by atoms with E-state index in [1.165, 1.54) is 0 Å². The van der Waals surface area contributed by atoms with Gasteiger partial charge in [-0.1, -0.05) is 12.6 Å². The zero-order valence-electron chi connectivity index (χ0n) is 5.51. The zero-order chi connectivity index (χ0) is 6.85. The second-order valence-corrected chi connectivity index (χ2v) is 2.56. The summed E-state index contributed by atoms with van der Waals surface area (Å²) in [6.07, 6.45) is 0. The molecule has 1 nitrogen and oxygen atoms in total. The van der Waals surface area contributed by atoms with Gasteiger partial charge in [0.1, 0.15) is 0 Å². The van der Waals surface area contributed by atoms with Crippen LogP contribution in [0.5, 0.6) is 0 Å². The maximum Gasteiger partial charge on any atom is 0.0413 e. The van der Waals surface area contributed by atoms with Gasteiger partial charge in [0.05, 0.1) is 0 Å².